The number of nitrogens with one attached hydrogen (secondary N) is 1. The molecule has 3 aromatic rings. The maximum Gasteiger partial charge on any atom is 0.149 e. The standard InChI is InChI=1S/C16H16N4/c1-11-4-6-14(17)16(20-11)19-10-12-5-7-15-13(9-12)3-2-8-18-15/h2-9H,10,17H2,1H3,(H,19,20). The van der Waals surface area contributed by atoms with Crippen molar-refractivity contribution in [3.63, 3.8) is 0 Å². The Hall–Kier alpha value is -2.62. The van der Waals surface area contributed by atoms with Gasteiger partial charge in [-0.25, -0.2) is 4.98 Å². The molecule has 3 rings (SSSR count). The highest BCUT2D eigenvalue weighted by molar-refractivity contribution is 5.79. The summed E-state index contributed by atoms with van der Waals surface area (Å²) in [5, 5.41) is 4.41. The van der Waals surface area contributed by atoms with Crippen molar-refractivity contribution in [1.82, 2.24) is 9.97 Å². The topological polar surface area (TPSA) is 63.8 Å². The number of nitrogens with two attached hydrogens (primary N) is 1. The number of rotatable bonds is 3. The molecular formula is C16H16N4. The third-order valence-electron chi connectivity index (χ3n) is 3.19. The van der Waals surface area contributed by atoms with E-state index in [2.05, 4.69) is 33.5 Å². The Morgan fingerprint density at radius 1 is 1.15 bits per heavy atom. The Kier molecular flexibility index (Phi) is 3.21. The van der Waals surface area contributed by atoms with Gasteiger partial charge < -0.3 is 11.1 Å². The van der Waals surface area contributed by atoms with Crippen LogP contribution >= 0.6 is 0 Å². The Morgan fingerprint density at radius 2 is 2.05 bits per heavy atom. The van der Waals surface area contributed by atoms with E-state index in [1.165, 1.54) is 5.56 Å². The Morgan fingerprint density at radius 3 is 2.95 bits per heavy atom. The molecular weight excluding hydrogens is 248 g/mol. The quantitative estimate of drug-likeness (QED) is 0.763. The van der Waals surface area contributed by atoms with Crippen LogP contribution in [0.5, 0.6) is 0 Å². The van der Waals surface area contributed by atoms with Crippen molar-refractivity contribution in [3.8, 4) is 0 Å². The van der Waals surface area contributed by atoms with E-state index in [-0.39, 0.29) is 0 Å². The number of anilines is 2. The first-order valence-electron chi connectivity index (χ1n) is 6.53. The summed E-state index contributed by atoms with van der Waals surface area (Å²) in [5.74, 6) is 0.733. The maximum atomic E-state index is 5.91. The van der Waals surface area contributed by atoms with Crippen molar-refractivity contribution < 1.29 is 0 Å². The van der Waals surface area contributed by atoms with Crippen LogP contribution in [0.4, 0.5) is 11.5 Å². The number of aromatic nitrogens is 2. The van der Waals surface area contributed by atoms with Crippen LogP contribution in [0.3, 0.4) is 0 Å². The SMILES string of the molecule is Cc1ccc(N)c(NCc2ccc3ncccc3c2)n1. The molecule has 0 fully saturated rings. The van der Waals surface area contributed by atoms with Crippen LogP contribution in [0.25, 0.3) is 10.9 Å². The summed E-state index contributed by atoms with van der Waals surface area (Å²) >= 11 is 0. The van der Waals surface area contributed by atoms with Gasteiger partial charge in [0.2, 0.25) is 0 Å². The third kappa shape index (κ3) is 2.54. The van der Waals surface area contributed by atoms with Gasteiger partial charge in [0.05, 0.1) is 11.2 Å². The lowest BCUT2D eigenvalue weighted by molar-refractivity contribution is 1.09. The van der Waals surface area contributed by atoms with E-state index >= 15 is 0 Å². The van der Waals surface area contributed by atoms with E-state index in [1.807, 2.05) is 31.2 Å². The molecule has 4 heteroatoms. The Balaban J connectivity index is 1.81. The highest BCUT2D eigenvalue weighted by atomic mass is 15.0. The second-order valence-electron chi connectivity index (χ2n) is 4.77. The molecule has 2 aromatic heterocycles. The molecule has 0 bridgehead atoms. The molecule has 3 N–H and O–H groups in total. The highest BCUT2D eigenvalue weighted by Gasteiger charge is 2.02. The molecule has 2 heterocycles. The molecule has 0 atom stereocenters. The van der Waals surface area contributed by atoms with Gasteiger partial charge in [0.15, 0.2) is 0 Å². The summed E-state index contributed by atoms with van der Waals surface area (Å²) in [7, 11) is 0. The smallest absolute Gasteiger partial charge is 0.149 e. The zero-order chi connectivity index (χ0) is 13.9. The molecule has 0 amide bonds. The number of aryl methyl sites for hydroxylation is 1. The zero-order valence-corrected chi connectivity index (χ0v) is 11.3. The fourth-order valence-electron chi connectivity index (χ4n) is 2.13. The van der Waals surface area contributed by atoms with Gasteiger partial charge in [-0.2, -0.15) is 0 Å². The highest BCUT2D eigenvalue weighted by Crippen LogP contribution is 2.18. The van der Waals surface area contributed by atoms with E-state index in [1.54, 1.807) is 6.20 Å². The summed E-state index contributed by atoms with van der Waals surface area (Å²) in [6.45, 7) is 2.64. The summed E-state index contributed by atoms with van der Waals surface area (Å²) in [6.07, 6.45) is 1.80. The molecule has 0 aliphatic carbocycles. The molecule has 100 valence electrons. The second-order valence-corrected chi connectivity index (χ2v) is 4.77. The molecule has 0 aliphatic heterocycles. The number of hydrogen-bond acceptors (Lipinski definition) is 4. The predicted molar refractivity (Wildman–Crippen MR) is 82.5 cm³/mol. The number of nitrogens with zero attached hydrogens (tertiary/aromatic N) is 2. The van der Waals surface area contributed by atoms with E-state index in [4.69, 9.17) is 5.73 Å². The van der Waals surface area contributed by atoms with Crippen molar-refractivity contribution >= 4 is 22.4 Å². The lowest BCUT2D eigenvalue weighted by atomic mass is 10.1. The average molecular weight is 264 g/mol. The molecule has 0 saturated heterocycles. The largest absolute Gasteiger partial charge is 0.396 e. The summed E-state index contributed by atoms with van der Waals surface area (Å²) < 4.78 is 0. The van der Waals surface area contributed by atoms with Gasteiger partial charge in [-0.3, -0.25) is 4.98 Å². The molecule has 0 saturated carbocycles. The van der Waals surface area contributed by atoms with Crippen LogP contribution in [-0.2, 0) is 6.54 Å². The molecule has 1 aromatic carbocycles. The molecule has 0 unspecified atom stereocenters. The molecule has 0 spiro atoms. The average Bonchev–Trinajstić information content (AvgIpc) is 2.48. The maximum absolute atomic E-state index is 5.91. The van der Waals surface area contributed by atoms with Gasteiger partial charge in [-0.1, -0.05) is 12.1 Å². The van der Waals surface area contributed by atoms with Crippen molar-refractivity contribution in [3.05, 3.63) is 59.9 Å². The molecule has 20 heavy (non-hydrogen) atoms. The number of benzene rings is 1. The minimum Gasteiger partial charge on any atom is -0.396 e. The number of fused-ring (bicyclic) bond motifs is 1. The second kappa shape index (κ2) is 5.17. The first-order chi connectivity index (χ1) is 9.72. The number of hydrogen-bond donors (Lipinski definition) is 2. The van der Waals surface area contributed by atoms with Gasteiger partial charge in [0.1, 0.15) is 5.82 Å². The van der Waals surface area contributed by atoms with E-state index < -0.39 is 0 Å². The van der Waals surface area contributed by atoms with E-state index in [9.17, 15) is 0 Å². The lowest BCUT2D eigenvalue weighted by Crippen LogP contribution is -2.05. The van der Waals surface area contributed by atoms with Crippen LogP contribution in [0.1, 0.15) is 11.3 Å². The number of pyridine rings is 2. The van der Waals surface area contributed by atoms with Gasteiger partial charge in [0, 0.05) is 23.8 Å². The van der Waals surface area contributed by atoms with Crippen LogP contribution < -0.4 is 11.1 Å². The normalized spacial score (nSPS) is 10.7. The minimum atomic E-state index is 0.665. The summed E-state index contributed by atoms with van der Waals surface area (Å²) in [6, 6.07) is 14.0. The van der Waals surface area contributed by atoms with Crippen LogP contribution in [0.2, 0.25) is 0 Å². The minimum absolute atomic E-state index is 0.665. The molecule has 4 nitrogen and oxygen atoms in total. The van der Waals surface area contributed by atoms with Gasteiger partial charge in [-0.15, -0.1) is 0 Å². The summed E-state index contributed by atoms with van der Waals surface area (Å²) in [4.78, 5) is 8.72. The van der Waals surface area contributed by atoms with Gasteiger partial charge in [0.25, 0.3) is 0 Å². The predicted octanol–water partition coefficient (Wildman–Crippen LogP) is 3.13. The third-order valence-corrected chi connectivity index (χ3v) is 3.19. The van der Waals surface area contributed by atoms with Crippen molar-refractivity contribution in [1.29, 1.82) is 0 Å². The number of nitrogen functional groups attached to an aromatic ring is 1. The van der Waals surface area contributed by atoms with Crippen LogP contribution in [0.15, 0.2) is 48.7 Å². The van der Waals surface area contributed by atoms with E-state index in [0.717, 1.165) is 22.4 Å². The van der Waals surface area contributed by atoms with Crippen molar-refractivity contribution in [2.45, 2.75) is 13.5 Å². The lowest BCUT2D eigenvalue weighted by Gasteiger charge is -2.09. The van der Waals surface area contributed by atoms with Crippen LogP contribution in [0, 0.1) is 6.92 Å². The van der Waals surface area contributed by atoms with Gasteiger partial charge in [-0.05, 0) is 42.8 Å². The molecule has 0 aliphatic rings. The Bertz CT molecular complexity index is 752. The monoisotopic (exact) mass is 264 g/mol. The summed E-state index contributed by atoms with van der Waals surface area (Å²) in [5.41, 5.74) is 9.70. The fourth-order valence-corrected chi connectivity index (χ4v) is 2.13. The Labute approximate surface area is 117 Å². The van der Waals surface area contributed by atoms with Crippen LogP contribution in [-0.4, -0.2) is 9.97 Å². The van der Waals surface area contributed by atoms with Crippen molar-refractivity contribution in [2.75, 3.05) is 11.1 Å². The van der Waals surface area contributed by atoms with Crippen molar-refractivity contribution in [2.24, 2.45) is 0 Å². The fraction of sp³-hybridized carbons (Fsp3) is 0.125. The van der Waals surface area contributed by atoms with Gasteiger partial charge >= 0.3 is 0 Å². The first kappa shape index (κ1) is 12.4. The zero-order valence-electron chi connectivity index (χ0n) is 11.3. The molecule has 0 radical (unpaired) electrons. The van der Waals surface area contributed by atoms with E-state index in [0.29, 0.717) is 12.2 Å². The first-order valence-corrected chi connectivity index (χ1v) is 6.53.